The second-order valence-corrected chi connectivity index (χ2v) is 3.79. The second kappa shape index (κ2) is 5.46. The number of aromatic carboxylic acids is 1. The molecule has 0 fully saturated rings. The van der Waals surface area contributed by atoms with Crippen LogP contribution >= 0.6 is 11.6 Å². The van der Waals surface area contributed by atoms with E-state index in [-0.39, 0.29) is 10.6 Å². The fourth-order valence-corrected chi connectivity index (χ4v) is 1.49. The van der Waals surface area contributed by atoms with E-state index in [9.17, 15) is 4.79 Å². The van der Waals surface area contributed by atoms with Gasteiger partial charge in [-0.25, -0.2) is 9.78 Å². The number of carboxylic acids is 1. The van der Waals surface area contributed by atoms with E-state index in [2.05, 4.69) is 25.0 Å². The Hall–Kier alpha value is -2.15. The van der Waals surface area contributed by atoms with Crippen molar-refractivity contribution < 1.29 is 14.4 Å². The van der Waals surface area contributed by atoms with Crippen molar-refractivity contribution >= 4 is 23.4 Å². The van der Waals surface area contributed by atoms with Gasteiger partial charge in [0, 0.05) is 19.2 Å². The van der Waals surface area contributed by atoms with E-state index in [0.29, 0.717) is 24.6 Å². The summed E-state index contributed by atoms with van der Waals surface area (Å²) in [6.45, 7) is 0.507. The minimum Gasteiger partial charge on any atom is -0.478 e. The molecular formula is C10H9ClN4O3. The molecule has 0 radical (unpaired) electrons. The molecule has 2 heterocycles. The van der Waals surface area contributed by atoms with E-state index in [1.807, 2.05) is 0 Å². The van der Waals surface area contributed by atoms with E-state index in [1.165, 1.54) is 18.7 Å². The van der Waals surface area contributed by atoms with Crippen molar-refractivity contribution in [1.82, 2.24) is 15.1 Å². The molecule has 0 aliphatic rings. The van der Waals surface area contributed by atoms with Gasteiger partial charge in [0.1, 0.15) is 5.82 Å². The minimum absolute atomic E-state index is 0.00808. The quantitative estimate of drug-likeness (QED) is 0.846. The lowest BCUT2D eigenvalue weighted by Crippen LogP contribution is -2.08. The fourth-order valence-electron chi connectivity index (χ4n) is 1.30. The predicted octanol–water partition coefficient (Wildman–Crippen LogP) is 1.47. The summed E-state index contributed by atoms with van der Waals surface area (Å²) in [6, 6.07) is 1.38. The van der Waals surface area contributed by atoms with Gasteiger partial charge in [-0.2, -0.15) is 4.98 Å². The molecule has 0 amide bonds. The number of rotatable bonds is 5. The molecule has 0 aliphatic carbocycles. The Bertz CT molecular complexity index is 544. The molecule has 0 saturated carbocycles. The SMILES string of the molecule is O=C(O)c1cc(NCCc2ncon2)ncc1Cl. The van der Waals surface area contributed by atoms with E-state index in [0.717, 1.165) is 0 Å². The third kappa shape index (κ3) is 2.95. The molecule has 2 aromatic heterocycles. The van der Waals surface area contributed by atoms with Crippen LogP contribution in [0.1, 0.15) is 16.2 Å². The largest absolute Gasteiger partial charge is 0.478 e. The van der Waals surface area contributed by atoms with Gasteiger partial charge in [0.15, 0.2) is 5.82 Å². The molecule has 0 saturated heterocycles. The first-order valence-corrected chi connectivity index (χ1v) is 5.42. The van der Waals surface area contributed by atoms with Crippen molar-refractivity contribution in [2.75, 3.05) is 11.9 Å². The first kappa shape index (κ1) is 12.3. The molecule has 0 aliphatic heterocycles. The maximum Gasteiger partial charge on any atom is 0.337 e. The van der Waals surface area contributed by atoms with Gasteiger partial charge >= 0.3 is 5.97 Å². The zero-order chi connectivity index (χ0) is 13.0. The van der Waals surface area contributed by atoms with Gasteiger partial charge in [0.25, 0.3) is 0 Å². The number of anilines is 1. The summed E-state index contributed by atoms with van der Waals surface area (Å²) in [5, 5.41) is 15.6. The van der Waals surface area contributed by atoms with Crippen molar-refractivity contribution in [3.8, 4) is 0 Å². The highest BCUT2D eigenvalue weighted by Gasteiger charge is 2.10. The number of halogens is 1. The zero-order valence-electron chi connectivity index (χ0n) is 9.13. The standard InChI is InChI=1S/C10H9ClN4O3/c11-7-4-13-9(3-6(7)10(16)17)12-2-1-8-14-5-18-15-8/h3-5H,1-2H2,(H,12,13)(H,16,17). The van der Waals surface area contributed by atoms with Crippen LogP contribution in [0.15, 0.2) is 23.2 Å². The Morgan fingerprint density at radius 1 is 1.50 bits per heavy atom. The van der Waals surface area contributed by atoms with Gasteiger partial charge in [-0.05, 0) is 6.07 Å². The van der Waals surface area contributed by atoms with Gasteiger partial charge in [-0.1, -0.05) is 16.8 Å². The maximum atomic E-state index is 10.9. The van der Waals surface area contributed by atoms with Crippen LogP contribution in [0.2, 0.25) is 5.02 Å². The number of hydrogen-bond acceptors (Lipinski definition) is 6. The Balaban J connectivity index is 1.97. The topological polar surface area (TPSA) is 101 Å². The summed E-state index contributed by atoms with van der Waals surface area (Å²) in [6.07, 6.45) is 3.09. The Labute approximate surface area is 107 Å². The van der Waals surface area contributed by atoms with Crippen LogP contribution in [-0.2, 0) is 6.42 Å². The molecule has 7 nitrogen and oxygen atoms in total. The molecule has 0 atom stereocenters. The first-order valence-electron chi connectivity index (χ1n) is 5.05. The van der Waals surface area contributed by atoms with Gasteiger partial charge in [0.2, 0.25) is 6.39 Å². The summed E-state index contributed by atoms with van der Waals surface area (Å²) in [4.78, 5) is 18.7. The van der Waals surface area contributed by atoms with Crippen molar-refractivity contribution in [3.05, 3.63) is 35.1 Å². The van der Waals surface area contributed by atoms with Crippen LogP contribution in [0.3, 0.4) is 0 Å². The molecule has 2 aromatic rings. The van der Waals surface area contributed by atoms with Crippen LogP contribution in [0, 0.1) is 0 Å². The lowest BCUT2D eigenvalue weighted by molar-refractivity contribution is 0.0697. The van der Waals surface area contributed by atoms with E-state index in [1.54, 1.807) is 0 Å². The van der Waals surface area contributed by atoms with Crippen molar-refractivity contribution in [2.24, 2.45) is 0 Å². The summed E-state index contributed by atoms with van der Waals surface area (Å²) in [5.41, 5.74) is 0.00808. The van der Waals surface area contributed by atoms with Crippen LogP contribution in [0.25, 0.3) is 0 Å². The summed E-state index contributed by atoms with van der Waals surface area (Å²) in [5.74, 6) is -0.0983. The normalized spacial score (nSPS) is 10.3. The van der Waals surface area contributed by atoms with Crippen molar-refractivity contribution in [2.45, 2.75) is 6.42 Å². The van der Waals surface area contributed by atoms with E-state index in [4.69, 9.17) is 16.7 Å². The number of hydrogen-bond donors (Lipinski definition) is 2. The number of pyridine rings is 1. The predicted molar refractivity (Wildman–Crippen MR) is 62.7 cm³/mol. The van der Waals surface area contributed by atoms with E-state index < -0.39 is 5.97 Å². The molecule has 0 spiro atoms. The molecule has 2 rings (SSSR count). The van der Waals surface area contributed by atoms with Crippen molar-refractivity contribution in [3.63, 3.8) is 0 Å². The molecule has 0 aromatic carbocycles. The molecule has 2 N–H and O–H groups in total. The molecule has 0 bridgehead atoms. The highest BCUT2D eigenvalue weighted by Crippen LogP contribution is 2.17. The van der Waals surface area contributed by atoms with Crippen molar-refractivity contribution in [1.29, 1.82) is 0 Å². The summed E-state index contributed by atoms with van der Waals surface area (Å²) < 4.78 is 4.58. The molecule has 0 unspecified atom stereocenters. The Morgan fingerprint density at radius 2 is 2.33 bits per heavy atom. The number of nitrogens with zero attached hydrogens (tertiary/aromatic N) is 3. The number of carboxylic acid groups (broad SMARTS) is 1. The van der Waals surface area contributed by atoms with E-state index >= 15 is 0 Å². The highest BCUT2D eigenvalue weighted by molar-refractivity contribution is 6.33. The Morgan fingerprint density at radius 3 is 3.00 bits per heavy atom. The third-order valence-corrected chi connectivity index (χ3v) is 2.45. The molecular weight excluding hydrogens is 260 g/mol. The number of aromatic nitrogens is 3. The lowest BCUT2D eigenvalue weighted by atomic mass is 10.2. The Kier molecular flexibility index (Phi) is 3.73. The van der Waals surface area contributed by atoms with Gasteiger partial charge < -0.3 is 14.9 Å². The van der Waals surface area contributed by atoms with Crippen LogP contribution in [-0.4, -0.2) is 32.7 Å². The number of nitrogens with one attached hydrogen (secondary N) is 1. The van der Waals surface area contributed by atoms with Crippen LogP contribution in [0.5, 0.6) is 0 Å². The molecule has 94 valence electrons. The zero-order valence-corrected chi connectivity index (χ0v) is 9.89. The fraction of sp³-hybridized carbons (Fsp3) is 0.200. The van der Waals surface area contributed by atoms with Gasteiger partial charge in [0.05, 0.1) is 10.6 Å². The monoisotopic (exact) mass is 268 g/mol. The van der Waals surface area contributed by atoms with Crippen LogP contribution < -0.4 is 5.32 Å². The average Bonchev–Trinajstić information content (AvgIpc) is 2.84. The second-order valence-electron chi connectivity index (χ2n) is 3.38. The van der Waals surface area contributed by atoms with Gasteiger partial charge in [-0.15, -0.1) is 0 Å². The molecule has 8 heteroatoms. The average molecular weight is 269 g/mol. The smallest absolute Gasteiger partial charge is 0.337 e. The summed E-state index contributed by atoms with van der Waals surface area (Å²) in [7, 11) is 0. The molecule has 18 heavy (non-hydrogen) atoms. The number of carbonyl (C=O) groups is 1. The van der Waals surface area contributed by atoms with Gasteiger partial charge in [-0.3, -0.25) is 0 Å². The maximum absolute atomic E-state index is 10.9. The lowest BCUT2D eigenvalue weighted by Gasteiger charge is -2.05. The van der Waals surface area contributed by atoms with Crippen LogP contribution in [0.4, 0.5) is 5.82 Å². The third-order valence-electron chi connectivity index (χ3n) is 2.15. The summed E-state index contributed by atoms with van der Waals surface area (Å²) >= 11 is 5.70. The minimum atomic E-state index is -1.09. The first-order chi connectivity index (χ1) is 8.66. The highest BCUT2D eigenvalue weighted by atomic mass is 35.5.